The largest absolute Gasteiger partial charge is 0.417 e. The third-order valence-corrected chi connectivity index (χ3v) is 4.23. The Morgan fingerprint density at radius 3 is 2.27 bits per heavy atom. The molecule has 2 aromatic carbocycles. The van der Waals surface area contributed by atoms with E-state index in [0.717, 1.165) is 18.4 Å². The standard InChI is InChI=1S/C16H11F3O2S/c1-3-11-8-9-12(10-14(11)16(17,18)19)13-6-4-5-7-15(13)22(2,20)21/h1,4-10H,2H3. The number of sulfone groups is 1. The fourth-order valence-electron chi connectivity index (χ4n) is 2.10. The number of alkyl halides is 3. The third kappa shape index (κ3) is 3.15. The molecule has 0 atom stereocenters. The van der Waals surface area contributed by atoms with E-state index < -0.39 is 21.6 Å². The highest BCUT2D eigenvalue weighted by atomic mass is 32.2. The molecule has 0 fully saturated rings. The normalized spacial score (nSPS) is 12.0. The van der Waals surface area contributed by atoms with Gasteiger partial charge in [-0.2, -0.15) is 13.2 Å². The fraction of sp³-hybridized carbons (Fsp3) is 0.125. The zero-order valence-corrected chi connectivity index (χ0v) is 12.3. The maximum atomic E-state index is 13.1. The Kier molecular flexibility index (Phi) is 4.03. The Hall–Kier alpha value is -2.26. The molecule has 114 valence electrons. The van der Waals surface area contributed by atoms with Gasteiger partial charge in [0.2, 0.25) is 0 Å². The minimum absolute atomic E-state index is 0.0309. The number of benzene rings is 2. The monoisotopic (exact) mass is 324 g/mol. The van der Waals surface area contributed by atoms with Gasteiger partial charge in [-0.3, -0.25) is 0 Å². The molecule has 2 rings (SSSR count). The Balaban J connectivity index is 2.74. The van der Waals surface area contributed by atoms with Crippen LogP contribution in [0.3, 0.4) is 0 Å². The lowest BCUT2D eigenvalue weighted by Crippen LogP contribution is -2.08. The van der Waals surface area contributed by atoms with Gasteiger partial charge in [0.1, 0.15) is 0 Å². The number of hydrogen-bond acceptors (Lipinski definition) is 2. The fourth-order valence-corrected chi connectivity index (χ4v) is 3.01. The summed E-state index contributed by atoms with van der Waals surface area (Å²) in [5.41, 5.74) is -0.893. The molecular weight excluding hydrogens is 313 g/mol. The molecule has 0 bridgehead atoms. The van der Waals surface area contributed by atoms with E-state index in [0.29, 0.717) is 0 Å². The first kappa shape index (κ1) is 16.1. The molecule has 0 aromatic heterocycles. The van der Waals surface area contributed by atoms with Crippen LogP contribution in [0, 0.1) is 12.3 Å². The van der Waals surface area contributed by atoms with Crippen LogP contribution in [0.15, 0.2) is 47.4 Å². The van der Waals surface area contributed by atoms with Gasteiger partial charge < -0.3 is 0 Å². The van der Waals surface area contributed by atoms with E-state index in [2.05, 4.69) is 0 Å². The maximum absolute atomic E-state index is 13.1. The smallest absolute Gasteiger partial charge is 0.224 e. The van der Waals surface area contributed by atoms with Crippen LogP contribution < -0.4 is 0 Å². The Bertz CT molecular complexity index is 860. The maximum Gasteiger partial charge on any atom is 0.417 e. The average molecular weight is 324 g/mol. The lowest BCUT2D eigenvalue weighted by atomic mass is 9.99. The molecule has 2 aromatic rings. The summed E-state index contributed by atoms with van der Waals surface area (Å²) >= 11 is 0. The molecule has 0 aliphatic heterocycles. The van der Waals surface area contributed by atoms with Crippen LogP contribution in [0.4, 0.5) is 13.2 Å². The first-order valence-corrected chi connectivity index (χ1v) is 8.01. The van der Waals surface area contributed by atoms with Crippen molar-refractivity contribution in [2.75, 3.05) is 6.26 Å². The van der Waals surface area contributed by atoms with Crippen LogP contribution in [0.1, 0.15) is 11.1 Å². The van der Waals surface area contributed by atoms with Crippen molar-refractivity contribution in [2.45, 2.75) is 11.1 Å². The van der Waals surface area contributed by atoms with Gasteiger partial charge in [0.05, 0.1) is 10.5 Å². The number of halogens is 3. The van der Waals surface area contributed by atoms with Crippen molar-refractivity contribution in [3.63, 3.8) is 0 Å². The summed E-state index contributed by atoms with van der Waals surface area (Å²) < 4.78 is 62.7. The topological polar surface area (TPSA) is 34.1 Å². The highest BCUT2D eigenvalue weighted by molar-refractivity contribution is 7.90. The Labute approximate surface area is 126 Å². The summed E-state index contributed by atoms with van der Waals surface area (Å²) in [4.78, 5) is -0.0309. The van der Waals surface area contributed by atoms with Crippen LogP contribution >= 0.6 is 0 Å². The van der Waals surface area contributed by atoms with Gasteiger partial charge in [-0.05, 0) is 23.8 Å². The predicted octanol–water partition coefficient (Wildman–Crippen LogP) is 3.76. The van der Waals surface area contributed by atoms with Gasteiger partial charge in [-0.15, -0.1) is 6.42 Å². The van der Waals surface area contributed by atoms with E-state index in [1.54, 1.807) is 6.07 Å². The molecule has 2 nitrogen and oxygen atoms in total. The highest BCUT2D eigenvalue weighted by Gasteiger charge is 2.33. The van der Waals surface area contributed by atoms with Gasteiger partial charge in [0.25, 0.3) is 0 Å². The summed E-state index contributed by atoms with van der Waals surface area (Å²) in [6.07, 6.45) is 1.48. The molecule has 0 amide bonds. The van der Waals surface area contributed by atoms with Gasteiger partial charge in [0.15, 0.2) is 9.84 Å². The zero-order valence-electron chi connectivity index (χ0n) is 11.5. The van der Waals surface area contributed by atoms with Crippen LogP contribution in [0.2, 0.25) is 0 Å². The Morgan fingerprint density at radius 2 is 1.73 bits per heavy atom. The van der Waals surface area contributed by atoms with Crippen LogP contribution in [0.5, 0.6) is 0 Å². The summed E-state index contributed by atoms with van der Waals surface area (Å²) in [5.74, 6) is 1.99. The minimum atomic E-state index is -4.61. The van der Waals surface area contributed by atoms with E-state index in [9.17, 15) is 21.6 Å². The quantitative estimate of drug-likeness (QED) is 0.788. The molecule has 0 unspecified atom stereocenters. The summed E-state index contributed by atoms with van der Waals surface area (Å²) in [5, 5.41) is 0. The number of rotatable bonds is 2. The second kappa shape index (κ2) is 5.50. The first-order valence-electron chi connectivity index (χ1n) is 6.12. The first-order chi connectivity index (χ1) is 10.1. The van der Waals surface area contributed by atoms with Crippen molar-refractivity contribution in [3.05, 3.63) is 53.6 Å². The second-order valence-electron chi connectivity index (χ2n) is 4.67. The molecule has 0 radical (unpaired) electrons. The summed E-state index contributed by atoms with van der Waals surface area (Å²) in [7, 11) is -3.57. The average Bonchev–Trinajstić information content (AvgIpc) is 2.45. The van der Waals surface area contributed by atoms with Crippen molar-refractivity contribution in [3.8, 4) is 23.5 Å². The summed E-state index contributed by atoms with van der Waals surface area (Å²) in [6, 6.07) is 9.31. The van der Waals surface area contributed by atoms with Gasteiger partial charge in [0, 0.05) is 17.4 Å². The van der Waals surface area contributed by atoms with Crippen LogP contribution in [-0.2, 0) is 16.0 Å². The van der Waals surface area contributed by atoms with Crippen molar-refractivity contribution in [1.29, 1.82) is 0 Å². The molecule has 6 heteroatoms. The molecule has 0 saturated carbocycles. The molecule has 22 heavy (non-hydrogen) atoms. The molecule has 0 spiro atoms. The van der Waals surface area contributed by atoms with E-state index in [1.165, 1.54) is 24.3 Å². The SMILES string of the molecule is C#Cc1ccc(-c2ccccc2S(C)(=O)=O)cc1C(F)(F)F. The van der Waals surface area contributed by atoms with Gasteiger partial charge in [-0.25, -0.2) is 8.42 Å². The van der Waals surface area contributed by atoms with Crippen molar-refractivity contribution < 1.29 is 21.6 Å². The van der Waals surface area contributed by atoms with Crippen molar-refractivity contribution >= 4 is 9.84 Å². The molecule has 0 aliphatic carbocycles. The molecule has 0 aliphatic rings. The van der Waals surface area contributed by atoms with E-state index in [4.69, 9.17) is 6.42 Å². The lowest BCUT2D eigenvalue weighted by molar-refractivity contribution is -0.137. The zero-order chi connectivity index (χ0) is 16.5. The van der Waals surface area contributed by atoms with Crippen LogP contribution in [0.25, 0.3) is 11.1 Å². The van der Waals surface area contributed by atoms with Gasteiger partial charge in [-0.1, -0.05) is 30.2 Å². The van der Waals surface area contributed by atoms with Crippen LogP contribution in [-0.4, -0.2) is 14.7 Å². The molecular formula is C16H11F3O2S. The van der Waals surface area contributed by atoms with E-state index in [-0.39, 0.29) is 21.6 Å². The lowest BCUT2D eigenvalue weighted by Gasteiger charge is -2.13. The molecule has 0 saturated heterocycles. The minimum Gasteiger partial charge on any atom is -0.224 e. The highest BCUT2D eigenvalue weighted by Crippen LogP contribution is 2.36. The molecule has 0 N–H and O–H groups in total. The predicted molar refractivity (Wildman–Crippen MR) is 77.9 cm³/mol. The summed E-state index contributed by atoms with van der Waals surface area (Å²) in [6.45, 7) is 0. The van der Waals surface area contributed by atoms with E-state index >= 15 is 0 Å². The Morgan fingerprint density at radius 1 is 1.09 bits per heavy atom. The van der Waals surface area contributed by atoms with Gasteiger partial charge >= 0.3 is 6.18 Å². The molecule has 0 heterocycles. The van der Waals surface area contributed by atoms with Crippen molar-refractivity contribution in [2.24, 2.45) is 0 Å². The van der Waals surface area contributed by atoms with E-state index in [1.807, 2.05) is 5.92 Å². The van der Waals surface area contributed by atoms with Crippen molar-refractivity contribution in [1.82, 2.24) is 0 Å². The number of hydrogen-bond donors (Lipinski definition) is 0. The third-order valence-electron chi connectivity index (χ3n) is 3.08. The number of terminal acetylenes is 1. The second-order valence-corrected chi connectivity index (χ2v) is 6.65.